The number of aliphatic carboxylic acids is 1. The minimum Gasteiger partial charge on any atom is -0.505 e. The second-order valence-corrected chi connectivity index (χ2v) is 5.05. The predicted octanol–water partition coefficient (Wildman–Crippen LogP) is 1.51. The van der Waals surface area contributed by atoms with Crippen LogP contribution in [0.4, 0.5) is 0 Å². The summed E-state index contributed by atoms with van der Waals surface area (Å²) >= 11 is 0. The molecule has 0 spiro atoms. The molecule has 0 unspecified atom stereocenters. The van der Waals surface area contributed by atoms with Crippen molar-refractivity contribution in [2.75, 3.05) is 0 Å². The summed E-state index contributed by atoms with van der Waals surface area (Å²) in [6, 6.07) is -0.866. The molecule has 0 saturated carbocycles. The number of carboxylic acid groups (broad SMARTS) is 1. The maximum atomic E-state index is 11.1. The third kappa shape index (κ3) is 4.03. The number of aliphatic imine (C=N–C) groups is 1. The first-order valence-electron chi connectivity index (χ1n) is 6.41. The Bertz CT molecular complexity index is 512. The highest BCUT2D eigenvalue weighted by atomic mass is 16.4. The average Bonchev–Trinajstić information content (AvgIpc) is 2.38. The van der Waals surface area contributed by atoms with Gasteiger partial charge in [0.25, 0.3) is 0 Å². The summed E-state index contributed by atoms with van der Waals surface area (Å²) in [7, 11) is 0. The van der Waals surface area contributed by atoms with Gasteiger partial charge in [0.15, 0.2) is 0 Å². The number of carboxylic acids is 1. The number of rotatable bonds is 6. The number of hydrogen-bond donors (Lipinski definition) is 3. The minimum absolute atomic E-state index is 0.0889. The molecule has 1 aromatic rings. The molecule has 20 heavy (non-hydrogen) atoms. The van der Waals surface area contributed by atoms with Crippen LogP contribution in [0.3, 0.4) is 0 Å². The third-order valence-electron chi connectivity index (χ3n) is 2.89. The molecule has 0 aliphatic rings. The fraction of sp³-hybridized carbons (Fsp3) is 0.500. The molecule has 0 fully saturated rings. The number of carbonyl (C=O) groups is 1. The summed E-state index contributed by atoms with van der Waals surface area (Å²) in [5.74, 6) is -0.905. The van der Waals surface area contributed by atoms with E-state index in [1.165, 1.54) is 12.4 Å². The van der Waals surface area contributed by atoms with Gasteiger partial charge in [0, 0.05) is 23.5 Å². The van der Waals surface area contributed by atoms with Gasteiger partial charge >= 0.3 is 5.97 Å². The first-order valence-corrected chi connectivity index (χ1v) is 6.41. The highest BCUT2D eigenvalue weighted by Crippen LogP contribution is 2.22. The molecule has 0 bridgehead atoms. The molecule has 1 heterocycles. The quantitative estimate of drug-likeness (QED) is 0.685. The molecule has 0 aliphatic heterocycles. The molecule has 1 aromatic heterocycles. The van der Waals surface area contributed by atoms with E-state index in [-0.39, 0.29) is 18.3 Å². The molecule has 0 amide bonds. The Balaban J connectivity index is 3.09. The van der Waals surface area contributed by atoms with Crippen LogP contribution in [0.2, 0.25) is 0 Å². The number of nitrogens with zero attached hydrogens (tertiary/aromatic N) is 2. The Morgan fingerprint density at radius 1 is 1.50 bits per heavy atom. The van der Waals surface area contributed by atoms with Crippen molar-refractivity contribution < 1.29 is 20.1 Å². The van der Waals surface area contributed by atoms with E-state index in [0.29, 0.717) is 23.2 Å². The lowest BCUT2D eigenvalue weighted by molar-refractivity contribution is -0.138. The van der Waals surface area contributed by atoms with Gasteiger partial charge in [-0.2, -0.15) is 0 Å². The lowest BCUT2D eigenvalue weighted by Crippen LogP contribution is -2.20. The standard InChI is InChI=1S/C14H20N2O4/c1-8(2)4-12(14(19)20)16-6-11-10(7-17)5-15-9(3)13(11)18/h5-6,8,12,17-18H,4,7H2,1-3H3,(H,19,20)/t12-/m0/s1. The van der Waals surface area contributed by atoms with Gasteiger partial charge in [-0.25, -0.2) is 4.79 Å². The monoisotopic (exact) mass is 280 g/mol. The molecule has 1 rings (SSSR count). The van der Waals surface area contributed by atoms with Crippen LogP contribution in [-0.2, 0) is 11.4 Å². The van der Waals surface area contributed by atoms with Crippen LogP contribution >= 0.6 is 0 Å². The molecule has 6 nitrogen and oxygen atoms in total. The SMILES string of the molecule is Cc1ncc(CO)c(C=N[C@@H](CC(C)C)C(=O)O)c1O. The van der Waals surface area contributed by atoms with Gasteiger partial charge in [-0.1, -0.05) is 13.8 Å². The number of pyridine rings is 1. The van der Waals surface area contributed by atoms with Gasteiger partial charge in [-0.05, 0) is 19.3 Å². The zero-order chi connectivity index (χ0) is 15.3. The number of aliphatic hydroxyl groups is 1. The number of hydrogen-bond acceptors (Lipinski definition) is 5. The summed E-state index contributed by atoms with van der Waals surface area (Å²) in [5.41, 5.74) is 1.12. The first-order chi connectivity index (χ1) is 9.36. The van der Waals surface area contributed by atoms with Crippen LogP contribution in [0.5, 0.6) is 5.75 Å². The van der Waals surface area contributed by atoms with E-state index in [2.05, 4.69) is 9.98 Å². The molecular weight excluding hydrogens is 260 g/mol. The van der Waals surface area contributed by atoms with Crippen molar-refractivity contribution in [2.24, 2.45) is 10.9 Å². The third-order valence-corrected chi connectivity index (χ3v) is 2.89. The summed E-state index contributed by atoms with van der Waals surface area (Å²) in [6.07, 6.45) is 3.15. The van der Waals surface area contributed by atoms with E-state index >= 15 is 0 Å². The molecule has 1 atom stereocenters. The number of aromatic hydroxyl groups is 1. The van der Waals surface area contributed by atoms with Crippen LogP contribution in [0, 0.1) is 12.8 Å². The highest BCUT2D eigenvalue weighted by molar-refractivity contribution is 5.87. The Kier molecular flexibility index (Phi) is 5.64. The predicted molar refractivity (Wildman–Crippen MR) is 75.0 cm³/mol. The second kappa shape index (κ2) is 7.00. The van der Waals surface area contributed by atoms with Crippen LogP contribution < -0.4 is 0 Å². The average molecular weight is 280 g/mol. The van der Waals surface area contributed by atoms with Crippen LogP contribution in [0.1, 0.15) is 37.1 Å². The molecule has 6 heteroatoms. The van der Waals surface area contributed by atoms with Crippen molar-refractivity contribution in [1.29, 1.82) is 0 Å². The molecule has 0 aromatic carbocycles. The molecular formula is C14H20N2O4. The fourth-order valence-corrected chi connectivity index (χ4v) is 1.76. The maximum Gasteiger partial charge on any atom is 0.328 e. The molecule has 3 N–H and O–H groups in total. The van der Waals surface area contributed by atoms with Crippen molar-refractivity contribution in [3.8, 4) is 5.75 Å². The summed E-state index contributed by atoms with van der Waals surface area (Å²) in [4.78, 5) is 19.1. The van der Waals surface area contributed by atoms with Crippen LogP contribution in [0.25, 0.3) is 0 Å². The van der Waals surface area contributed by atoms with Gasteiger partial charge in [0.1, 0.15) is 11.8 Å². The van der Waals surface area contributed by atoms with Crippen LogP contribution in [0.15, 0.2) is 11.2 Å². The summed E-state index contributed by atoms with van der Waals surface area (Å²) in [5, 5.41) is 28.3. The fourth-order valence-electron chi connectivity index (χ4n) is 1.76. The topological polar surface area (TPSA) is 103 Å². The van der Waals surface area contributed by atoms with E-state index in [9.17, 15) is 15.0 Å². The lowest BCUT2D eigenvalue weighted by Gasteiger charge is -2.11. The zero-order valence-electron chi connectivity index (χ0n) is 11.9. The van der Waals surface area contributed by atoms with E-state index in [0.717, 1.165) is 0 Å². The Labute approximate surface area is 117 Å². The minimum atomic E-state index is -1.01. The van der Waals surface area contributed by atoms with Crippen molar-refractivity contribution in [2.45, 2.75) is 39.8 Å². The van der Waals surface area contributed by atoms with Gasteiger partial charge in [0.2, 0.25) is 0 Å². The van der Waals surface area contributed by atoms with Crippen LogP contribution in [-0.4, -0.2) is 38.5 Å². The number of aliphatic hydroxyl groups excluding tert-OH is 1. The van der Waals surface area contributed by atoms with Crippen molar-refractivity contribution in [3.05, 3.63) is 23.0 Å². The van der Waals surface area contributed by atoms with Crippen molar-refractivity contribution >= 4 is 12.2 Å². The van der Waals surface area contributed by atoms with Gasteiger partial charge < -0.3 is 15.3 Å². The van der Waals surface area contributed by atoms with E-state index in [4.69, 9.17) is 5.11 Å². The summed E-state index contributed by atoms with van der Waals surface area (Å²) in [6.45, 7) is 5.15. The smallest absolute Gasteiger partial charge is 0.328 e. The Hall–Kier alpha value is -1.95. The van der Waals surface area contributed by atoms with Gasteiger partial charge in [-0.3, -0.25) is 9.98 Å². The molecule has 0 aliphatic carbocycles. The Morgan fingerprint density at radius 2 is 2.15 bits per heavy atom. The van der Waals surface area contributed by atoms with Gasteiger partial charge in [0.05, 0.1) is 12.3 Å². The van der Waals surface area contributed by atoms with Crippen molar-refractivity contribution in [1.82, 2.24) is 4.98 Å². The lowest BCUT2D eigenvalue weighted by atomic mass is 10.0. The van der Waals surface area contributed by atoms with E-state index in [1.54, 1.807) is 6.92 Å². The largest absolute Gasteiger partial charge is 0.505 e. The second-order valence-electron chi connectivity index (χ2n) is 5.05. The number of aromatic nitrogens is 1. The zero-order valence-corrected chi connectivity index (χ0v) is 11.9. The van der Waals surface area contributed by atoms with Crippen molar-refractivity contribution in [3.63, 3.8) is 0 Å². The summed E-state index contributed by atoms with van der Waals surface area (Å²) < 4.78 is 0. The van der Waals surface area contributed by atoms with Gasteiger partial charge in [-0.15, -0.1) is 0 Å². The van der Waals surface area contributed by atoms with E-state index in [1.807, 2.05) is 13.8 Å². The number of aryl methyl sites for hydroxylation is 1. The molecule has 0 radical (unpaired) electrons. The normalized spacial score (nSPS) is 13.1. The highest BCUT2D eigenvalue weighted by Gasteiger charge is 2.17. The molecule has 0 saturated heterocycles. The maximum absolute atomic E-state index is 11.1. The van der Waals surface area contributed by atoms with E-state index < -0.39 is 12.0 Å². The molecule has 110 valence electrons. The Morgan fingerprint density at radius 3 is 2.65 bits per heavy atom. The first kappa shape index (κ1) is 16.1.